The first-order valence-corrected chi connectivity index (χ1v) is 13.9. The van der Waals surface area contributed by atoms with E-state index < -0.39 is 25.9 Å². The van der Waals surface area contributed by atoms with Crippen molar-refractivity contribution >= 4 is 43.2 Å². The van der Waals surface area contributed by atoms with Gasteiger partial charge in [-0.05, 0) is 49.2 Å². The molecule has 0 saturated heterocycles. The SMILES string of the molecule is CCCN(Cc1ccc(Nc2nc(Nc3cccc(S(N)(=O)=O)c3)ncc2F)cc1)S(=O)(=O)CC. The van der Waals surface area contributed by atoms with Crippen molar-refractivity contribution in [2.75, 3.05) is 22.9 Å². The van der Waals surface area contributed by atoms with Gasteiger partial charge in [-0.3, -0.25) is 0 Å². The number of nitrogens with two attached hydrogens (primary N) is 1. The largest absolute Gasteiger partial charge is 0.338 e. The standard InChI is InChI=1S/C22H27FN6O4S2/c1-3-12-29(34(30,31)4-2)15-16-8-10-17(11-9-16)26-21-20(23)14-25-22(28-21)27-18-6-5-7-19(13-18)35(24,32)33/h5-11,13-14H,3-4,12,15H2,1-2H3,(H2,24,32,33)(H2,25,26,27,28). The summed E-state index contributed by atoms with van der Waals surface area (Å²) in [5.74, 6) is -0.723. The fourth-order valence-electron chi connectivity index (χ4n) is 3.18. The lowest BCUT2D eigenvalue weighted by molar-refractivity contribution is 0.406. The van der Waals surface area contributed by atoms with E-state index in [4.69, 9.17) is 5.14 Å². The number of aromatic nitrogens is 2. The van der Waals surface area contributed by atoms with Crippen LogP contribution in [0.3, 0.4) is 0 Å². The van der Waals surface area contributed by atoms with Crippen LogP contribution in [0.15, 0.2) is 59.6 Å². The number of nitrogens with one attached hydrogen (secondary N) is 2. The van der Waals surface area contributed by atoms with Gasteiger partial charge in [0.05, 0.1) is 16.8 Å². The summed E-state index contributed by atoms with van der Waals surface area (Å²) in [6.45, 7) is 4.21. The molecule has 188 valence electrons. The first kappa shape index (κ1) is 26.5. The summed E-state index contributed by atoms with van der Waals surface area (Å²) >= 11 is 0. The van der Waals surface area contributed by atoms with Crippen LogP contribution in [0, 0.1) is 5.82 Å². The van der Waals surface area contributed by atoms with Crippen LogP contribution in [0.2, 0.25) is 0 Å². The Morgan fingerprint density at radius 1 is 1.00 bits per heavy atom. The maximum atomic E-state index is 14.3. The monoisotopic (exact) mass is 522 g/mol. The minimum Gasteiger partial charge on any atom is -0.338 e. The molecule has 0 bridgehead atoms. The molecule has 0 amide bonds. The van der Waals surface area contributed by atoms with Gasteiger partial charge in [0, 0.05) is 24.5 Å². The van der Waals surface area contributed by atoms with Crippen molar-refractivity contribution < 1.29 is 21.2 Å². The minimum absolute atomic E-state index is 0.0301. The average Bonchev–Trinajstić information content (AvgIpc) is 2.82. The number of hydrogen-bond donors (Lipinski definition) is 3. The van der Waals surface area contributed by atoms with E-state index in [1.165, 1.54) is 22.5 Å². The fraction of sp³-hybridized carbons (Fsp3) is 0.273. The zero-order valence-electron chi connectivity index (χ0n) is 19.3. The van der Waals surface area contributed by atoms with Crippen molar-refractivity contribution in [3.8, 4) is 0 Å². The summed E-state index contributed by atoms with van der Waals surface area (Å²) in [7, 11) is -7.21. The van der Waals surface area contributed by atoms with Crippen LogP contribution in [0.5, 0.6) is 0 Å². The summed E-state index contributed by atoms with van der Waals surface area (Å²) in [6.07, 6.45) is 1.68. The second-order valence-electron chi connectivity index (χ2n) is 7.64. The average molecular weight is 523 g/mol. The topological polar surface area (TPSA) is 147 Å². The van der Waals surface area contributed by atoms with Gasteiger partial charge in [-0.2, -0.15) is 9.29 Å². The van der Waals surface area contributed by atoms with Crippen LogP contribution in [-0.2, 0) is 26.6 Å². The van der Waals surface area contributed by atoms with E-state index >= 15 is 0 Å². The van der Waals surface area contributed by atoms with Gasteiger partial charge in [0.2, 0.25) is 26.0 Å². The molecule has 0 unspecified atom stereocenters. The summed E-state index contributed by atoms with van der Waals surface area (Å²) < 4.78 is 63.4. The molecule has 3 aromatic rings. The second kappa shape index (κ2) is 11.1. The van der Waals surface area contributed by atoms with Crippen LogP contribution in [0.4, 0.5) is 27.5 Å². The van der Waals surface area contributed by atoms with Gasteiger partial charge in [-0.15, -0.1) is 0 Å². The van der Waals surface area contributed by atoms with Crippen molar-refractivity contribution in [3.05, 3.63) is 66.1 Å². The van der Waals surface area contributed by atoms with Gasteiger partial charge in [-0.25, -0.2) is 31.3 Å². The first-order valence-electron chi connectivity index (χ1n) is 10.8. The molecule has 2 aromatic carbocycles. The molecular weight excluding hydrogens is 495 g/mol. The van der Waals surface area contributed by atoms with Gasteiger partial charge in [0.25, 0.3) is 0 Å². The van der Waals surface area contributed by atoms with Crippen molar-refractivity contribution in [3.63, 3.8) is 0 Å². The van der Waals surface area contributed by atoms with E-state index in [0.717, 1.165) is 11.8 Å². The van der Waals surface area contributed by atoms with E-state index in [-0.39, 0.29) is 29.0 Å². The number of anilines is 4. The zero-order chi connectivity index (χ0) is 25.6. The van der Waals surface area contributed by atoms with E-state index in [9.17, 15) is 21.2 Å². The molecule has 1 heterocycles. The van der Waals surface area contributed by atoms with Crippen molar-refractivity contribution in [1.82, 2.24) is 14.3 Å². The molecule has 10 nitrogen and oxygen atoms in total. The number of sulfonamides is 2. The van der Waals surface area contributed by atoms with Gasteiger partial charge in [-0.1, -0.05) is 25.1 Å². The third-order valence-electron chi connectivity index (χ3n) is 4.97. The lowest BCUT2D eigenvalue weighted by Crippen LogP contribution is -2.32. The number of primary sulfonamides is 1. The summed E-state index contributed by atoms with van der Waals surface area (Å²) in [4.78, 5) is 7.91. The number of benzene rings is 2. The molecule has 0 fully saturated rings. The maximum absolute atomic E-state index is 14.3. The van der Waals surface area contributed by atoms with Crippen LogP contribution in [0.25, 0.3) is 0 Å². The molecule has 0 saturated carbocycles. The molecule has 0 aliphatic rings. The quantitative estimate of drug-likeness (QED) is 0.347. The van der Waals surface area contributed by atoms with Crippen LogP contribution >= 0.6 is 0 Å². The summed E-state index contributed by atoms with van der Waals surface area (Å²) in [5.41, 5.74) is 1.69. The number of rotatable bonds is 11. The van der Waals surface area contributed by atoms with Gasteiger partial charge < -0.3 is 10.6 Å². The van der Waals surface area contributed by atoms with Gasteiger partial charge in [0.1, 0.15) is 0 Å². The van der Waals surface area contributed by atoms with Crippen molar-refractivity contribution in [2.24, 2.45) is 5.14 Å². The zero-order valence-corrected chi connectivity index (χ0v) is 20.9. The Balaban J connectivity index is 1.74. The molecule has 0 radical (unpaired) electrons. The molecule has 13 heteroatoms. The Labute approximate surface area is 204 Å². The first-order chi connectivity index (χ1) is 16.5. The second-order valence-corrected chi connectivity index (χ2v) is 11.5. The minimum atomic E-state index is -3.89. The van der Waals surface area contributed by atoms with Crippen molar-refractivity contribution in [1.29, 1.82) is 0 Å². The molecule has 3 rings (SSSR count). The Morgan fingerprint density at radius 3 is 2.34 bits per heavy atom. The number of nitrogens with zero attached hydrogens (tertiary/aromatic N) is 3. The van der Waals surface area contributed by atoms with Crippen LogP contribution < -0.4 is 15.8 Å². The molecule has 0 atom stereocenters. The Kier molecular flexibility index (Phi) is 8.38. The summed E-state index contributed by atoms with van der Waals surface area (Å²) in [5, 5.41) is 10.8. The lowest BCUT2D eigenvalue weighted by atomic mass is 10.2. The van der Waals surface area contributed by atoms with E-state index in [2.05, 4.69) is 20.6 Å². The molecule has 1 aromatic heterocycles. The maximum Gasteiger partial charge on any atom is 0.238 e. The molecule has 0 aliphatic heterocycles. The van der Waals surface area contributed by atoms with Crippen LogP contribution in [0.1, 0.15) is 25.8 Å². The highest BCUT2D eigenvalue weighted by Gasteiger charge is 2.19. The van der Waals surface area contributed by atoms with E-state index in [1.807, 2.05) is 6.92 Å². The third-order valence-corrected chi connectivity index (χ3v) is 7.71. The Morgan fingerprint density at radius 2 is 1.71 bits per heavy atom. The highest BCUT2D eigenvalue weighted by Crippen LogP contribution is 2.22. The molecule has 35 heavy (non-hydrogen) atoms. The molecule has 4 N–H and O–H groups in total. The van der Waals surface area contributed by atoms with Gasteiger partial charge >= 0.3 is 0 Å². The Bertz CT molecular complexity index is 1380. The highest BCUT2D eigenvalue weighted by atomic mass is 32.2. The predicted molar refractivity (Wildman–Crippen MR) is 133 cm³/mol. The molecule has 0 spiro atoms. The predicted octanol–water partition coefficient (Wildman–Crippen LogP) is 3.31. The van der Waals surface area contributed by atoms with Crippen LogP contribution in [-0.4, -0.2) is 43.4 Å². The lowest BCUT2D eigenvalue weighted by Gasteiger charge is -2.21. The third kappa shape index (κ3) is 7.18. The number of halogens is 1. The smallest absolute Gasteiger partial charge is 0.238 e. The van der Waals surface area contributed by atoms with Gasteiger partial charge in [0.15, 0.2) is 11.6 Å². The van der Waals surface area contributed by atoms with E-state index in [1.54, 1.807) is 37.3 Å². The van der Waals surface area contributed by atoms with Crippen molar-refractivity contribution in [2.45, 2.75) is 31.7 Å². The Hall–Kier alpha value is -3.13. The normalized spacial score (nSPS) is 12.0. The van der Waals surface area contributed by atoms with E-state index in [0.29, 0.717) is 24.3 Å². The molecular formula is C22H27FN6O4S2. The highest BCUT2D eigenvalue weighted by molar-refractivity contribution is 7.89. The summed E-state index contributed by atoms with van der Waals surface area (Å²) in [6, 6.07) is 12.7. The molecule has 0 aliphatic carbocycles. The number of hydrogen-bond acceptors (Lipinski definition) is 8. The fourth-order valence-corrected chi connectivity index (χ4v) is 4.91.